The summed E-state index contributed by atoms with van der Waals surface area (Å²) < 4.78 is 10.5. The topological polar surface area (TPSA) is 72.8 Å². The van der Waals surface area contributed by atoms with Crippen molar-refractivity contribution in [2.75, 3.05) is 6.79 Å². The summed E-state index contributed by atoms with van der Waals surface area (Å²) in [6.45, 7) is 2.18. The van der Waals surface area contributed by atoms with E-state index in [4.69, 9.17) is 14.6 Å². The first-order valence-corrected chi connectivity index (χ1v) is 6.29. The lowest BCUT2D eigenvalue weighted by Crippen LogP contribution is -2.07. The van der Waals surface area contributed by atoms with Crippen LogP contribution in [0.15, 0.2) is 12.1 Å². The Hall–Kier alpha value is -2.04. The maximum absolute atomic E-state index is 12.1. The second-order valence-corrected chi connectivity index (χ2v) is 4.43. The number of hydrogen-bond donors (Lipinski definition) is 1. The standard InChI is InChI=1S/C14H16O5/c1-2-3-9-6-12-13(19-8-18-12)7-10(9)11(15)4-5-14(16)17/h6-7H,2-5,8H2,1H3,(H,16,17). The lowest BCUT2D eigenvalue weighted by atomic mass is 9.97. The van der Waals surface area contributed by atoms with Gasteiger partial charge >= 0.3 is 5.97 Å². The van der Waals surface area contributed by atoms with Crippen LogP contribution in [0.2, 0.25) is 0 Å². The van der Waals surface area contributed by atoms with E-state index in [1.165, 1.54) is 0 Å². The van der Waals surface area contributed by atoms with E-state index < -0.39 is 5.97 Å². The monoisotopic (exact) mass is 264 g/mol. The molecule has 1 aromatic carbocycles. The molecule has 0 aromatic heterocycles. The molecule has 0 fully saturated rings. The van der Waals surface area contributed by atoms with Gasteiger partial charge in [-0.15, -0.1) is 0 Å². The Morgan fingerprint density at radius 3 is 2.53 bits per heavy atom. The molecule has 0 unspecified atom stereocenters. The van der Waals surface area contributed by atoms with Crippen molar-refractivity contribution >= 4 is 11.8 Å². The first-order chi connectivity index (χ1) is 9.11. The smallest absolute Gasteiger partial charge is 0.303 e. The van der Waals surface area contributed by atoms with Crippen LogP contribution in [0.3, 0.4) is 0 Å². The number of rotatable bonds is 6. The van der Waals surface area contributed by atoms with Gasteiger partial charge in [-0.2, -0.15) is 0 Å². The average molecular weight is 264 g/mol. The maximum Gasteiger partial charge on any atom is 0.303 e. The zero-order chi connectivity index (χ0) is 13.8. The van der Waals surface area contributed by atoms with E-state index in [9.17, 15) is 9.59 Å². The van der Waals surface area contributed by atoms with Crippen molar-refractivity contribution in [1.82, 2.24) is 0 Å². The number of benzene rings is 1. The minimum Gasteiger partial charge on any atom is -0.481 e. The molecule has 0 aliphatic carbocycles. The lowest BCUT2D eigenvalue weighted by molar-refractivity contribution is -0.136. The molecular formula is C14H16O5. The van der Waals surface area contributed by atoms with Crippen molar-refractivity contribution in [1.29, 1.82) is 0 Å². The number of ketones is 1. The summed E-state index contributed by atoms with van der Waals surface area (Å²) in [7, 11) is 0. The second kappa shape index (κ2) is 5.73. The molecule has 0 saturated heterocycles. The first-order valence-electron chi connectivity index (χ1n) is 6.29. The highest BCUT2D eigenvalue weighted by atomic mass is 16.7. The number of aliphatic carboxylic acids is 1. The molecular weight excluding hydrogens is 248 g/mol. The van der Waals surface area contributed by atoms with Gasteiger partial charge in [0.25, 0.3) is 0 Å². The molecule has 102 valence electrons. The molecule has 0 radical (unpaired) electrons. The van der Waals surface area contributed by atoms with Crippen molar-refractivity contribution in [3.8, 4) is 11.5 Å². The summed E-state index contributed by atoms with van der Waals surface area (Å²) in [6, 6.07) is 3.48. The zero-order valence-corrected chi connectivity index (χ0v) is 10.8. The van der Waals surface area contributed by atoms with Gasteiger partial charge in [0.1, 0.15) is 0 Å². The molecule has 0 spiro atoms. The number of ether oxygens (including phenoxy) is 2. The molecule has 0 bridgehead atoms. The second-order valence-electron chi connectivity index (χ2n) is 4.43. The summed E-state index contributed by atoms with van der Waals surface area (Å²) in [5, 5.41) is 8.64. The number of hydrogen-bond acceptors (Lipinski definition) is 4. The van der Waals surface area contributed by atoms with E-state index >= 15 is 0 Å². The van der Waals surface area contributed by atoms with Crippen molar-refractivity contribution in [3.05, 3.63) is 23.3 Å². The van der Waals surface area contributed by atoms with Gasteiger partial charge in [-0.1, -0.05) is 13.3 Å². The van der Waals surface area contributed by atoms with Crippen molar-refractivity contribution in [2.24, 2.45) is 0 Å². The Labute approximate surface area is 111 Å². The fraction of sp³-hybridized carbons (Fsp3) is 0.429. The Morgan fingerprint density at radius 1 is 1.21 bits per heavy atom. The van der Waals surface area contributed by atoms with Crippen LogP contribution in [-0.2, 0) is 11.2 Å². The normalized spacial score (nSPS) is 12.5. The van der Waals surface area contributed by atoms with E-state index in [1.807, 2.05) is 13.0 Å². The fourth-order valence-corrected chi connectivity index (χ4v) is 2.07. The van der Waals surface area contributed by atoms with Gasteiger partial charge in [-0.25, -0.2) is 0 Å². The molecule has 5 heteroatoms. The summed E-state index contributed by atoms with van der Waals surface area (Å²) in [5.74, 6) is 0.0760. The van der Waals surface area contributed by atoms with Gasteiger partial charge in [0.2, 0.25) is 6.79 Å². The van der Waals surface area contributed by atoms with Crippen molar-refractivity contribution in [3.63, 3.8) is 0 Å². The molecule has 5 nitrogen and oxygen atoms in total. The van der Waals surface area contributed by atoms with E-state index in [-0.39, 0.29) is 25.4 Å². The van der Waals surface area contributed by atoms with E-state index in [2.05, 4.69) is 0 Å². The third-order valence-corrected chi connectivity index (χ3v) is 2.98. The SMILES string of the molecule is CCCc1cc2c(cc1C(=O)CCC(=O)O)OCO2. The molecule has 0 atom stereocenters. The van der Waals surface area contributed by atoms with E-state index in [0.29, 0.717) is 17.1 Å². The van der Waals surface area contributed by atoms with Gasteiger partial charge in [0, 0.05) is 12.0 Å². The quantitative estimate of drug-likeness (QED) is 0.799. The number of Topliss-reactive ketones (excluding diaryl/α,β-unsaturated/α-hetero) is 1. The van der Waals surface area contributed by atoms with Crippen LogP contribution in [0, 0.1) is 0 Å². The molecule has 1 heterocycles. The van der Waals surface area contributed by atoms with Gasteiger partial charge in [0.15, 0.2) is 17.3 Å². The number of aryl methyl sites for hydroxylation is 1. The Balaban J connectivity index is 2.26. The number of carbonyl (C=O) groups excluding carboxylic acids is 1. The van der Waals surface area contributed by atoms with E-state index in [0.717, 1.165) is 18.4 Å². The molecule has 1 aliphatic rings. The lowest BCUT2D eigenvalue weighted by Gasteiger charge is -2.09. The number of carbonyl (C=O) groups is 2. The van der Waals surface area contributed by atoms with Gasteiger partial charge in [0.05, 0.1) is 6.42 Å². The average Bonchev–Trinajstić information content (AvgIpc) is 2.82. The third kappa shape index (κ3) is 3.05. The van der Waals surface area contributed by atoms with Crippen molar-refractivity contribution in [2.45, 2.75) is 32.6 Å². The predicted molar refractivity (Wildman–Crippen MR) is 67.8 cm³/mol. The third-order valence-electron chi connectivity index (χ3n) is 2.98. The summed E-state index contributed by atoms with van der Waals surface area (Å²) in [6.07, 6.45) is 1.51. The molecule has 0 amide bonds. The number of carboxylic acid groups (broad SMARTS) is 1. The van der Waals surface area contributed by atoms with Crippen molar-refractivity contribution < 1.29 is 24.2 Å². The largest absolute Gasteiger partial charge is 0.481 e. The molecule has 19 heavy (non-hydrogen) atoms. The van der Waals surface area contributed by atoms with Gasteiger partial charge in [-0.05, 0) is 24.1 Å². The fourth-order valence-electron chi connectivity index (χ4n) is 2.07. The minimum atomic E-state index is -0.967. The number of carboxylic acids is 1. The Bertz CT molecular complexity index is 507. The van der Waals surface area contributed by atoms with Crippen LogP contribution in [0.4, 0.5) is 0 Å². The molecule has 1 N–H and O–H groups in total. The highest BCUT2D eigenvalue weighted by Crippen LogP contribution is 2.35. The van der Waals surface area contributed by atoms with Gasteiger partial charge < -0.3 is 14.6 Å². The zero-order valence-electron chi connectivity index (χ0n) is 10.8. The Morgan fingerprint density at radius 2 is 1.89 bits per heavy atom. The summed E-state index contributed by atoms with van der Waals surface area (Å²) >= 11 is 0. The number of fused-ring (bicyclic) bond motifs is 1. The predicted octanol–water partition coefficient (Wildman–Crippen LogP) is 2.42. The van der Waals surface area contributed by atoms with Crippen LogP contribution in [0.5, 0.6) is 11.5 Å². The van der Waals surface area contributed by atoms with Crippen LogP contribution in [-0.4, -0.2) is 23.7 Å². The van der Waals surface area contributed by atoms with Crippen LogP contribution in [0.1, 0.15) is 42.1 Å². The minimum absolute atomic E-state index is 0.00565. The highest BCUT2D eigenvalue weighted by molar-refractivity contribution is 5.99. The first kappa shape index (κ1) is 13.4. The van der Waals surface area contributed by atoms with Crippen LogP contribution < -0.4 is 9.47 Å². The highest BCUT2D eigenvalue weighted by Gasteiger charge is 2.20. The van der Waals surface area contributed by atoms with E-state index in [1.54, 1.807) is 6.07 Å². The summed E-state index contributed by atoms with van der Waals surface area (Å²) in [5.41, 5.74) is 1.44. The maximum atomic E-state index is 12.1. The Kier molecular flexibility index (Phi) is 4.04. The van der Waals surface area contributed by atoms with Crippen LogP contribution in [0.25, 0.3) is 0 Å². The van der Waals surface area contributed by atoms with Gasteiger partial charge in [-0.3, -0.25) is 9.59 Å². The molecule has 0 saturated carbocycles. The molecule has 2 rings (SSSR count). The summed E-state index contributed by atoms with van der Waals surface area (Å²) in [4.78, 5) is 22.6. The van der Waals surface area contributed by atoms with Crippen LogP contribution >= 0.6 is 0 Å². The molecule has 1 aliphatic heterocycles. The molecule has 1 aromatic rings.